The predicted molar refractivity (Wildman–Crippen MR) is 170 cm³/mol. The number of fused-ring (bicyclic) bond motifs is 3. The summed E-state index contributed by atoms with van der Waals surface area (Å²) in [6.07, 6.45) is 2.75. The van der Waals surface area contributed by atoms with Gasteiger partial charge in [-0.2, -0.15) is 5.10 Å². The van der Waals surface area contributed by atoms with Crippen LogP contribution >= 0.6 is 0 Å². The average molecular weight is 614 g/mol. The van der Waals surface area contributed by atoms with Crippen molar-refractivity contribution in [3.63, 3.8) is 0 Å². The van der Waals surface area contributed by atoms with Crippen LogP contribution in [0.25, 0.3) is 32.8 Å². The van der Waals surface area contributed by atoms with E-state index in [-0.39, 0.29) is 17.3 Å². The van der Waals surface area contributed by atoms with E-state index in [1.807, 2.05) is 34.4 Å². The number of rotatable bonds is 10. The maximum absolute atomic E-state index is 16.0. The van der Waals surface area contributed by atoms with Gasteiger partial charge in [0.05, 0.1) is 17.8 Å². The van der Waals surface area contributed by atoms with Crippen LogP contribution in [0, 0.1) is 18.6 Å². The lowest BCUT2D eigenvalue weighted by Gasteiger charge is -2.27. The van der Waals surface area contributed by atoms with E-state index in [0.29, 0.717) is 54.9 Å². The van der Waals surface area contributed by atoms with Gasteiger partial charge in [0.2, 0.25) is 0 Å². The number of carboxylic acid groups (broad SMARTS) is 1. The summed E-state index contributed by atoms with van der Waals surface area (Å²) >= 11 is 0. The Morgan fingerprint density at radius 2 is 1.84 bits per heavy atom. The number of hydrogen-bond donors (Lipinski definition) is 2. The molecule has 0 amide bonds. The molecule has 4 heterocycles. The lowest BCUT2D eigenvalue weighted by atomic mass is 9.97. The maximum Gasteiger partial charge on any atom is 0.352 e. The first kappa shape index (κ1) is 29.4. The molecule has 0 unspecified atom stereocenters. The molecule has 2 N–H and O–H groups in total. The average Bonchev–Trinajstić information content (AvgIpc) is 3.70. The fraction of sp³-hybridized carbons (Fsp3) is 0.371. The smallest absolute Gasteiger partial charge is 0.352 e. The first-order chi connectivity index (χ1) is 21.9. The van der Waals surface area contributed by atoms with E-state index < -0.39 is 5.97 Å². The number of carboxylic acids is 1. The van der Waals surface area contributed by atoms with Crippen molar-refractivity contribution < 1.29 is 23.4 Å². The predicted octanol–water partition coefficient (Wildman–Crippen LogP) is 5.81. The molecule has 7 rings (SSSR count). The monoisotopic (exact) mass is 613 g/mol. The van der Waals surface area contributed by atoms with E-state index in [9.17, 15) is 14.3 Å². The third-order valence-electron chi connectivity index (χ3n) is 9.23. The second-order valence-electron chi connectivity index (χ2n) is 12.0. The van der Waals surface area contributed by atoms with Crippen LogP contribution in [-0.4, -0.2) is 69.7 Å². The van der Waals surface area contributed by atoms with Crippen molar-refractivity contribution in [2.45, 2.75) is 45.7 Å². The van der Waals surface area contributed by atoms with E-state index in [1.54, 1.807) is 12.1 Å². The van der Waals surface area contributed by atoms with Gasteiger partial charge in [0.1, 0.15) is 23.1 Å². The molecular weight excluding hydrogens is 576 g/mol. The van der Waals surface area contributed by atoms with Gasteiger partial charge in [-0.25, -0.2) is 13.6 Å². The van der Waals surface area contributed by atoms with E-state index >= 15 is 4.39 Å². The molecule has 10 heteroatoms. The quantitative estimate of drug-likeness (QED) is 0.194. The molecule has 1 fully saturated rings. The Kier molecular flexibility index (Phi) is 8.01. The van der Waals surface area contributed by atoms with Crippen molar-refractivity contribution in [2.75, 3.05) is 39.3 Å². The van der Waals surface area contributed by atoms with Crippen molar-refractivity contribution in [3.8, 4) is 16.9 Å². The highest BCUT2D eigenvalue weighted by molar-refractivity contribution is 6.04. The Labute approximate surface area is 260 Å². The largest absolute Gasteiger partial charge is 0.493 e. The Balaban J connectivity index is 1.27. The summed E-state index contributed by atoms with van der Waals surface area (Å²) < 4.78 is 39.7. The van der Waals surface area contributed by atoms with Gasteiger partial charge in [0, 0.05) is 73.4 Å². The van der Waals surface area contributed by atoms with Crippen molar-refractivity contribution >= 4 is 27.6 Å². The Hall–Kier alpha value is -4.28. The van der Waals surface area contributed by atoms with Crippen LogP contribution in [0.5, 0.6) is 5.75 Å². The van der Waals surface area contributed by atoms with Gasteiger partial charge in [-0.3, -0.25) is 9.58 Å². The highest BCUT2D eigenvalue weighted by Gasteiger charge is 2.30. The number of nitrogens with zero attached hydrogens (tertiary/aromatic N) is 4. The molecule has 8 nitrogen and oxygen atoms in total. The lowest BCUT2D eigenvalue weighted by molar-refractivity contribution is 0.0683. The molecule has 2 aliphatic rings. The Morgan fingerprint density at radius 3 is 2.67 bits per heavy atom. The summed E-state index contributed by atoms with van der Waals surface area (Å²) in [7, 11) is 0. The number of piperazine rings is 1. The summed E-state index contributed by atoms with van der Waals surface area (Å²) in [6, 6.07) is 13.3. The van der Waals surface area contributed by atoms with Crippen molar-refractivity contribution in [1.29, 1.82) is 0 Å². The molecule has 2 aromatic heterocycles. The zero-order valence-electron chi connectivity index (χ0n) is 25.4. The first-order valence-corrected chi connectivity index (χ1v) is 15.8. The zero-order valence-corrected chi connectivity index (χ0v) is 25.4. The Bertz CT molecular complexity index is 1910. The number of aromatic nitrogens is 3. The topological polar surface area (TPSA) is 84.5 Å². The summed E-state index contributed by atoms with van der Waals surface area (Å²) in [5.41, 5.74) is 4.51. The number of nitrogens with one attached hydrogen (secondary N) is 1. The van der Waals surface area contributed by atoms with Crippen LogP contribution < -0.4 is 10.1 Å². The van der Waals surface area contributed by atoms with Gasteiger partial charge in [0.15, 0.2) is 0 Å². The molecule has 45 heavy (non-hydrogen) atoms. The number of halogens is 2. The van der Waals surface area contributed by atoms with Crippen LogP contribution in [0.15, 0.2) is 48.5 Å². The second kappa shape index (κ2) is 12.3. The molecule has 0 spiro atoms. The number of aryl methyl sites for hydroxylation is 3. The number of benzene rings is 3. The van der Waals surface area contributed by atoms with Gasteiger partial charge in [-0.05, 0) is 80.0 Å². The van der Waals surface area contributed by atoms with E-state index in [1.165, 1.54) is 18.2 Å². The first-order valence-electron chi connectivity index (χ1n) is 15.8. The molecule has 0 saturated carbocycles. The molecule has 3 aromatic carbocycles. The molecular formula is C35H37F2N5O3. The minimum Gasteiger partial charge on any atom is -0.493 e. The van der Waals surface area contributed by atoms with Gasteiger partial charge >= 0.3 is 5.97 Å². The Morgan fingerprint density at radius 1 is 1.02 bits per heavy atom. The van der Waals surface area contributed by atoms with Gasteiger partial charge in [-0.1, -0.05) is 12.1 Å². The molecule has 5 aromatic rings. The van der Waals surface area contributed by atoms with Crippen LogP contribution in [-0.2, 0) is 25.9 Å². The van der Waals surface area contributed by atoms with Crippen LogP contribution in [0.1, 0.15) is 40.3 Å². The summed E-state index contributed by atoms with van der Waals surface area (Å²) in [6.45, 7) is 7.67. The molecule has 2 aliphatic heterocycles. The van der Waals surface area contributed by atoms with Crippen LogP contribution in [0.2, 0.25) is 0 Å². The fourth-order valence-corrected chi connectivity index (χ4v) is 7.20. The summed E-state index contributed by atoms with van der Waals surface area (Å²) in [5, 5.41) is 21.0. The number of carbonyl (C=O) groups is 1. The molecule has 0 bridgehead atoms. The zero-order chi connectivity index (χ0) is 31.1. The molecule has 0 atom stereocenters. The van der Waals surface area contributed by atoms with E-state index in [0.717, 1.165) is 78.7 Å². The third kappa shape index (κ3) is 5.46. The normalized spacial score (nSPS) is 15.3. The minimum atomic E-state index is -1.03. The number of hydrogen-bond acceptors (Lipinski definition) is 5. The fourth-order valence-electron chi connectivity index (χ4n) is 7.20. The SMILES string of the molecule is Cc1nn2c(c1-c1c(F)ccc3c(CCCOc4cccc5cc(F)ccc45)c(C(=O)O)n(CCN4CCNCC4)c13)CCC2. The minimum absolute atomic E-state index is 0.203. The van der Waals surface area contributed by atoms with Crippen molar-refractivity contribution in [2.24, 2.45) is 0 Å². The van der Waals surface area contributed by atoms with Gasteiger partial charge in [-0.15, -0.1) is 0 Å². The van der Waals surface area contributed by atoms with Crippen LogP contribution in [0.3, 0.4) is 0 Å². The van der Waals surface area contributed by atoms with Gasteiger partial charge in [0.25, 0.3) is 0 Å². The molecule has 0 aliphatic carbocycles. The maximum atomic E-state index is 16.0. The van der Waals surface area contributed by atoms with E-state index in [4.69, 9.17) is 9.84 Å². The lowest BCUT2D eigenvalue weighted by Crippen LogP contribution is -2.44. The summed E-state index contributed by atoms with van der Waals surface area (Å²) in [5.74, 6) is -1.05. The van der Waals surface area contributed by atoms with Crippen molar-refractivity contribution in [1.82, 2.24) is 24.6 Å². The van der Waals surface area contributed by atoms with Crippen molar-refractivity contribution in [3.05, 3.63) is 82.8 Å². The van der Waals surface area contributed by atoms with Gasteiger partial charge < -0.3 is 19.7 Å². The van der Waals surface area contributed by atoms with E-state index in [2.05, 4.69) is 10.2 Å². The number of ether oxygens (including phenoxy) is 1. The summed E-state index contributed by atoms with van der Waals surface area (Å²) in [4.78, 5) is 15.3. The van der Waals surface area contributed by atoms with Crippen LogP contribution in [0.4, 0.5) is 8.78 Å². The highest BCUT2D eigenvalue weighted by atomic mass is 19.1. The second-order valence-corrected chi connectivity index (χ2v) is 12.0. The highest BCUT2D eigenvalue weighted by Crippen LogP contribution is 2.41. The number of aromatic carboxylic acids is 1. The third-order valence-corrected chi connectivity index (χ3v) is 9.23. The molecule has 1 saturated heterocycles. The molecule has 0 radical (unpaired) electrons. The molecule has 234 valence electrons. The standard InChI is InChI=1S/C35H37F2N5O3/c1-22-31(29-7-3-15-42(29)39-22)32-28(37)12-11-27-26(6-4-20-45-30-8-2-5-23-21-24(36)9-10-25(23)30)34(35(43)44)41(33(27)32)19-18-40-16-13-38-14-17-40/h2,5,8-12,21,38H,3-4,6-7,13-20H2,1H3,(H,43,44).